The number of carboxylic acid groups (broad SMARTS) is 1. The van der Waals surface area contributed by atoms with E-state index in [9.17, 15) is 14.4 Å². The van der Waals surface area contributed by atoms with Crippen molar-refractivity contribution in [3.63, 3.8) is 0 Å². The van der Waals surface area contributed by atoms with Gasteiger partial charge in [0.25, 0.3) is 11.5 Å². The molecular formula is C13H19N3O5. The molecule has 0 unspecified atom stereocenters. The van der Waals surface area contributed by atoms with Gasteiger partial charge in [0, 0.05) is 26.3 Å². The van der Waals surface area contributed by atoms with E-state index >= 15 is 0 Å². The molecule has 0 aromatic carbocycles. The van der Waals surface area contributed by atoms with Crippen molar-refractivity contribution in [3.05, 3.63) is 28.2 Å². The van der Waals surface area contributed by atoms with Gasteiger partial charge in [0.2, 0.25) is 0 Å². The van der Waals surface area contributed by atoms with E-state index in [4.69, 9.17) is 9.84 Å². The molecule has 0 radical (unpaired) electrons. The highest BCUT2D eigenvalue weighted by molar-refractivity contribution is 5.93. The van der Waals surface area contributed by atoms with Gasteiger partial charge in [-0.3, -0.25) is 14.4 Å². The van der Waals surface area contributed by atoms with Crippen molar-refractivity contribution in [1.82, 2.24) is 14.7 Å². The average Bonchev–Trinajstić information content (AvgIpc) is 2.45. The average molecular weight is 297 g/mol. The quantitative estimate of drug-likeness (QED) is 0.714. The van der Waals surface area contributed by atoms with Gasteiger partial charge in [-0.15, -0.1) is 0 Å². The molecule has 0 aliphatic heterocycles. The second-order valence-electron chi connectivity index (χ2n) is 4.39. The summed E-state index contributed by atoms with van der Waals surface area (Å²) in [5, 5.41) is 12.8. The van der Waals surface area contributed by atoms with E-state index in [-0.39, 0.29) is 24.4 Å². The van der Waals surface area contributed by atoms with E-state index in [0.717, 1.165) is 4.90 Å². The Bertz CT molecular complexity index is 555. The fourth-order valence-electron chi connectivity index (χ4n) is 1.71. The van der Waals surface area contributed by atoms with Gasteiger partial charge in [0.1, 0.15) is 12.2 Å². The molecule has 21 heavy (non-hydrogen) atoms. The summed E-state index contributed by atoms with van der Waals surface area (Å²) >= 11 is 0. The molecule has 1 heterocycles. The smallest absolute Gasteiger partial charge is 0.323 e. The number of carboxylic acids is 1. The van der Waals surface area contributed by atoms with Gasteiger partial charge in [-0.05, 0) is 12.5 Å². The number of aliphatic carboxylic acids is 1. The first-order valence-corrected chi connectivity index (χ1v) is 6.57. The molecule has 0 fully saturated rings. The molecule has 0 saturated heterocycles. The van der Waals surface area contributed by atoms with Crippen LogP contribution in [0.5, 0.6) is 0 Å². The van der Waals surface area contributed by atoms with Crippen LogP contribution in [0, 0.1) is 0 Å². The predicted octanol–water partition coefficient (Wildman–Crippen LogP) is -0.173. The highest BCUT2D eigenvalue weighted by Gasteiger charge is 2.20. The third-order valence-corrected chi connectivity index (χ3v) is 2.70. The second kappa shape index (κ2) is 8.15. The van der Waals surface area contributed by atoms with Crippen LogP contribution < -0.4 is 5.56 Å². The normalized spacial score (nSPS) is 10.4. The van der Waals surface area contributed by atoms with E-state index in [1.54, 1.807) is 0 Å². The third-order valence-electron chi connectivity index (χ3n) is 2.70. The summed E-state index contributed by atoms with van der Waals surface area (Å²) in [5.74, 6) is -1.67. The SMILES string of the molecule is CCCn1nc(C(=O)N(CCOC)CC(=O)O)ccc1=O. The Morgan fingerprint density at radius 3 is 2.71 bits per heavy atom. The molecule has 0 atom stereocenters. The Morgan fingerprint density at radius 1 is 1.43 bits per heavy atom. The van der Waals surface area contributed by atoms with Crippen LogP contribution in [0.15, 0.2) is 16.9 Å². The van der Waals surface area contributed by atoms with Gasteiger partial charge in [-0.25, -0.2) is 4.68 Å². The molecule has 1 amide bonds. The third kappa shape index (κ3) is 4.99. The number of rotatable bonds is 8. The fourth-order valence-corrected chi connectivity index (χ4v) is 1.71. The summed E-state index contributed by atoms with van der Waals surface area (Å²) < 4.78 is 6.06. The van der Waals surface area contributed by atoms with Crippen molar-refractivity contribution in [1.29, 1.82) is 0 Å². The van der Waals surface area contributed by atoms with E-state index in [0.29, 0.717) is 13.0 Å². The summed E-state index contributed by atoms with van der Waals surface area (Å²) in [6.07, 6.45) is 0.701. The van der Waals surface area contributed by atoms with Crippen molar-refractivity contribution < 1.29 is 19.4 Å². The maximum atomic E-state index is 12.3. The Labute approximate surface area is 121 Å². The lowest BCUT2D eigenvalue weighted by atomic mass is 10.3. The largest absolute Gasteiger partial charge is 0.480 e. The molecule has 116 valence electrons. The highest BCUT2D eigenvalue weighted by atomic mass is 16.5. The molecule has 0 spiro atoms. The van der Waals surface area contributed by atoms with Crippen LogP contribution in [0.25, 0.3) is 0 Å². The van der Waals surface area contributed by atoms with Gasteiger partial charge in [-0.2, -0.15) is 5.10 Å². The number of carbonyl (C=O) groups is 2. The van der Waals surface area contributed by atoms with Crippen LogP contribution >= 0.6 is 0 Å². The minimum Gasteiger partial charge on any atom is -0.480 e. The van der Waals surface area contributed by atoms with E-state index < -0.39 is 18.4 Å². The van der Waals surface area contributed by atoms with E-state index in [1.165, 1.54) is 23.9 Å². The molecule has 8 heteroatoms. The first kappa shape index (κ1) is 16.8. The molecule has 0 bridgehead atoms. The Balaban J connectivity index is 2.99. The molecule has 0 saturated carbocycles. The minimum atomic E-state index is -1.12. The maximum absolute atomic E-state index is 12.3. The fraction of sp³-hybridized carbons (Fsp3) is 0.538. The highest BCUT2D eigenvalue weighted by Crippen LogP contribution is 2.01. The molecule has 1 rings (SSSR count). The number of methoxy groups -OCH3 is 1. The lowest BCUT2D eigenvalue weighted by molar-refractivity contribution is -0.137. The van der Waals surface area contributed by atoms with Crippen LogP contribution in [-0.4, -0.2) is 58.5 Å². The van der Waals surface area contributed by atoms with Crippen molar-refractivity contribution in [2.24, 2.45) is 0 Å². The van der Waals surface area contributed by atoms with Crippen molar-refractivity contribution in [2.75, 3.05) is 26.8 Å². The van der Waals surface area contributed by atoms with Crippen LogP contribution in [0.3, 0.4) is 0 Å². The lowest BCUT2D eigenvalue weighted by Crippen LogP contribution is -2.39. The number of aromatic nitrogens is 2. The predicted molar refractivity (Wildman–Crippen MR) is 74.2 cm³/mol. The van der Waals surface area contributed by atoms with Gasteiger partial charge < -0.3 is 14.7 Å². The first-order chi connectivity index (χ1) is 9.99. The number of ether oxygens (including phenoxy) is 1. The summed E-state index contributed by atoms with van der Waals surface area (Å²) in [4.78, 5) is 35.8. The molecule has 1 N–H and O–H groups in total. The van der Waals surface area contributed by atoms with E-state index in [1.807, 2.05) is 6.92 Å². The minimum absolute atomic E-state index is 0.0420. The molecule has 0 aliphatic carbocycles. The first-order valence-electron chi connectivity index (χ1n) is 6.57. The van der Waals surface area contributed by atoms with Gasteiger partial charge in [0.05, 0.1) is 6.61 Å². The van der Waals surface area contributed by atoms with Crippen LogP contribution in [0.4, 0.5) is 0 Å². The molecule has 8 nitrogen and oxygen atoms in total. The summed E-state index contributed by atoms with van der Waals surface area (Å²) in [6, 6.07) is 2.56. The topological polar surface area (TPSA) is 102 Å². The maximum Gasteiger partial charge on any atom is 0.323 e. The number of carbonyl (C=O) groups excluding carboxylic acids is 1. The summed E-state index contributed by atoms with van der Waals surface area (Å²) in [5.41, 5.74) is -0.254. The van der Waals surface area contributed by atoms with Crippen molar-refractivity contribution >= 4 is 11.9 Å². The lowest BCUT2D eigenvalue weighted by Gasteiger charge is -2.20. The zero-order valence-electron chi connectivity index (χ0n) is 12.1. The molecule has 1 aromatic heterocycles. The molecule has 1 aromatic rings. The monoisotopic (exact) mass is 297 g/mol. The molecule has 0 aliphatic rings. The van der Waals surface area contributed by atoms with Crippen LogP contribution in [-0.2, 0) is 16.1 Å². The zero-order valence-corrected chi connectivity index (χ0v) is 12.1. The van der Waals surface area contributed by atoms with Gasteiger partial charge in [0.15, 0.2) is 0 Å². The number of aryl methyl sites for hydroxylation is 1. The van der Waals surface area contributed by atoms with Crippen LogP contribution in [0.1, 0.15) is 23.8 Å². The van der Waals surface area contributed by atoms with Gasteiger partial charge >= 0.3 is 5.97 Å². The Hall–Kier alpha value is -2.22. The number of nitrogens with zero attached hydrogens (tertiary/aromatic N) is 3. The van der Waals surface area contributed by atoms with Crippen molar-refractivity contribution in [2.45, 2.75) is 19.9 Å². The number of hydrogen-bond donors (Lipinski definition) is 1. The Kier molecular flexibility index (Phi) is 6.54. The standard InChI is InChI=1S/C13H19N3O5/c1-3-6-16-11(17)5-4-10(14-16)13(20)15(7-8-21-2)9-12(18)19/h4-5H,3,6-9H2,1-2H3,(H,18,19). The number of hydrogen-bond acceptors (Lipinski definition) is 5. The molecular weight excluding hydrogens is 278 g/mol. The van der Waals surface area contributed by atoms with Crippen LogP contribution in [0.2, 0.25) is 0 Å². The summed E-state index contributed by atoms with van der Waals surface area (Å²) in [6.45, 7) is 2.19. The zero-order chi connectivity index (χ0) is 15.8. The summed E-state index contributed by atoms with van der Waals surface area (Å²) in [7, 11) is 1.46. The van der Waals surface area contributed by atoms with Gasteiger partial charge in [-0.1, -0.05) is 6.92 Å². The second-order valence-corrected chi connectivity index (χ2v) is 4.39. The van der Waals surface area contributed by atoms with E-state index in [2.05, 4.69) is 5.10 Å². The van der Waals surface area contributed by atoms with Crippen molar-refractivity contribution in [3.8, 4) is 0 Å². The Morgan fingerprint density at radius 2 is 2.14 bits per heavy atom. The number of amides is 1.